The fourth-order valence-electron chi connectivity index (χ4n) is 2.56. The quantitative estimate of drug-likeness (QED) is 0.868. The molecule has 1 saturated heterocycles. The van der Waals surface area contributed by atoms with E-state index in [4.69, 9.17) is 4.74 Å². The number of rotatable bonds is 6. The zero-order valence-corrected chi connectivity index (χ0v) is 14.4. The van der Waals surface area contributed by atoms with Gasteiger partial charge in [0.05, 0.1) is 12.2 Å². The second kappa shape index (κ2) is 8.39. The van der Waals surface area contributed by atoms with Crippen LogP contribution in [0, 0.1) is 0 Å². The molecule has 0 aromatic carbocycles. The van der Waals surface area contributed by atoms with Crippen molar-refractivity contribution in [1.29, 1.82) is 0 Å². The average Bonchev–Trinajstić information content (AvgIpc) is 2.50. The number of thioether (sulfide) groups is 1. The van der Waals surface area contributed by atoms with Crippen LogP contribution in [0.2, 0.25) is 0 Å². The van der Waals surface area contributed by atoms with E-state index in [1.807, 2.05) is 24.6 Å². The van der Waals surface area contributed by atoms with Gasteiger partial charge in [-0.1, -0.05) is 6.07 Å². The fourth-order valence-corrected chi connectivity index (χ4v) is 2.95. The Hall–Kier alpha value is -1.27. The summed E-state index contributed by atoms with van der Waals surface area (Å²) >= 11 is 1.68. The molecule has 0 unspecified atom stereocenters. The number of hydrogen-bond donors (Lipinski definition) is 1. The van der Waals surface area contributed by atoms with Crippen LogP contribution in [-0.4, -0.2) is 48.2 Å². The molecule has 2 rings (SSSR count). The summed E-state index contributed by atoms with van der Waals surface area (Å²) in [6.07, 6.45) is 4.86. The highest BCUT2D eigenvalue weighted by molar-refractivity contribution is 7.98. The molecular formula is C16H25N3O2S. The molecule has 0 spiro atoms. The van der Waals surface area contributed by atoms with Crippen LogP contribution in [0.15, 0.2) is 18.3 Å². The number of nitrogens with zero attached hydrogens (tertiary/aromatic N) is 2. The third-order valence-electron chi connectivity index (χ3n) is 3.58. The van der Waals surface area contributed by atoms with Crippen molar-refractivity contribution >= 4 is 23.5 Å². The van der Waals surface area contributed by atoms with E-state index in [1.54, 1.807) is 11.8 Å². The summed E-state index contributed by atoms with van der Waals surface area (Å²) in [6, 6.07) is 4.05. The Morgan fingerprint density at radius 2 is 2.14 bits per heavy atom. The maximum absolute atomic E-state index is 11.6. The van der Waals surface area contributed by atoms with Crippen molar-refractivity contribution in [3.8, 4) is 0 Å². The molecule has 0 saturated carbocycles. The van der Waals surface area contributed by atoms with E-state index in [2.05, 4.69) is 29.0 Å². The third-order valence-corrected chi connectivity index (χ3v) is 4.19. The topological polar surface area (TPSA) is 54.5 Å². The first kappa shape index (κ1) is 17.1. The Morgan fingerprint density at radius 1 is 1.41 bits per heavy atom. The minimum Gasteiger partial charge on any atom is -0.372 e. The highest BCUT2D eigenvalue weighted by Gasteiger charge is 2.22. The van der Waals surface area contributed by atoms with Crippen LogP contribution >= 0.6 is 11.8 Å². The van der Waals surface area contributed by atoms with Crippen LogP contribution in [0.25, 0.3) is 0 Å². The molecule has 1 aliphatic heterocycles. The van der Waals surface area contributed by atoms with E-state index in [1.165, 1.54) is 0 Å². The molecule has 1 fully saturated rings. The number of carbonyl (C=O) groups excluding carboxylic acids is 1. The Balaban J connectivity index is 1.86. The Bertz CT molecular complexity index is 471. The first-order chi connectivity index (χ1) is 10.6. The second-order valence-electron chi connectivity index (χ2n) is 5.71. The zero-order valence-electron chi connectivity index (χ0n) is 13.5. The summed E-state index contributed by atoms with van der Waals surface area (Å²) in [5.74, 6) is 1.92. The zero-order chi connectivity index (χ0) is 15.9. The molecule has 5 nitrogen and oxygen atoms in total. The van der Waals surface area contributed by atoms with E-state index in [0.717, 1.165) is 30.2 Å². The molecule has 2 atom stereocenters. The summed E-state index contributed by atoms with van der Waals surface area (Å²) in [4.78, 5) is 18.4. The van der Waals surface area contributed by atoms with Crippen LogP contribution in [0.1, 0.15) is 25.8 Å². The fraction of sp³-hybridized carbons (Fsp3) is 0.625. The summed E-state index contributed by atoms with van der Waals surface area (Å²) in [6.45, 7) is 6.43. The number of amides is 1. The number of ether oxygens (including phenoxy) is 1. The van der Waals surface area contributed by atoms with Gasteiger partial charge < -0.3 is 15.0 Å². The normalized spacial score (nSPS) is 21.7. The number of morpholine rings is 1. The summed E-state index contributed by atoms with van der Waals surface area (Å²) in [5, 5.41) is 2.92. The lowest BCUT2D eigenvalue weighted by Gasteiger charge is -2.36. The first-order valence-electron chi connectivity index (χ1n) is 7.69. The van der Waals surface area contributed by atoms with Gasteiger partial charge in [0.15, 0.2) is 0 Å². The highest BCUT2D eigenvalue weighted by Crippen LogP contribution is 2.18. The highest BCUT2D eigenvalue weighted by atomic mass is 32.2. The first-order valence-corrected chi connectivity index (χ1v) is 9.09. The molecule has 6 heteroatoms. The second-order valence-corrected chi connectivity index (χ2v) is 6.69. The summed E-state index contributed by atoms with van der Waals surface area (Å²) in [5.41, 5.74) is 1.02. The van der Waals surface area contributed by atoms with Crippen molar-refractivity contribution in [3.63, 3.8) is 0 Å². The maximum atomic E-state index is 11.6. The standard InChI is InChI=1S/C16H25N3O2S/c1-12-10-19(11-13(2)21-12)15-5-4-14(8-17-15)9-18-16(20)6-7-22-3/h4-5,8,12-13H,6-7,9-11H2,1-3H3,(H,18,20)/t12-,13-/m1/s1. The van der Waals surface area contributed by atoms with Crippen LogP contribution in [0.5, 0.6) is 0 Å². The molecule has 122 valence electrons. The van der Waals surface area contributed by atoms with Gasteiger partial charge in [0.25, 0.3) is 0 Å². The number of nitrogens with one attached hydrogen (secondary N) is 1. The predicted octanol–water partition coefficient (Wildman–Crippen LogP) is 2.06. The molecule has 0 aliphatic carbocycles. The molecule has 1 aliphatic rings. The van der Waals surface area contributed by atoms with Crippen LogP contribution in [-0.2, 0) is 16.1 Å². The van der Waals surface area contributed by atoms with Gasteiger partial charge in [-0.15, -0.1) is 0 Å². The number of anilines is 1. The number of hydrogen-bond acceptors (Lipinski definition) is 5. The lowest BCUT2D eigenvalue weighted by molar-refractivity contribution is -0.120. The predicted molar refractivity (Wildman–Crippen MR) is 91.3 cm³/mol. The molecular weight excluding hydrogens is 298 g/mol. The van der Waals surface area contributed by atoms with Crippen LogP contribution < -0.4 is 10.2 Å². The van der Waals surface area contributed by atoms with Crippen molar-refractivity contribution in [2.24, 2.45) is 0 Å². The van der Waals surface area contributed by atoms with Gasteiger partial charge >= 0.3 is 0 Å². The van der Waals surface area contributed by atoms with Crippen LogP contribution in [0.3, 0.4) is 0 Å². The smallest absolute Gasteiger partial charge is 0.221 e. The summed E-state index contributed by atoms with van der Waals surface area (Å²) in [7, 11) is 0. The Labute approximate surface area is 136 Å². The Morgan fingerprint density at radius 3 is 2.73 bits per heavy atom. The minimum absolute atomic E-state index is 0.0919. The van der Waals surface area contributed by atoms with Crippen molar-refractivity contribution in [1.82, 2.24) is 10.3 Å². The largest absolute Gasteiger partial charge is 0.372 e. The van der Waals surface area contributed by atoms with Crippen molar-refractivity contribution in [2.75, 3.05) is 30.0 Å². The van der Waals surface area contributed by atoms with Gasteiger partial charge in [-0.05, 0) is 31.7 Å². The van der Waals surface area contributed by atoms with Gasteiger partial charge in [-0.25, -0.2) is 4.98 Å². The van der Waals surface area contributed by atoms with E-state index in [-0.39, 0.29) is 18.1 Å². The molecule has 1 aromatic heterocycles. The maximum Gasteiger partial charge on any atom is 0.221 e. The van der Waals surface area contributed by atoms with Gasteiger partial charge in [0.2, 0.25) is 5.91 Å². The van der Waals surface area contributed by atoms with Gasteiger partial charge in [-0.3, -0.25) is 4.79 Å². The van der Waals surface area contributed by atoms with Gasteiger partial charge in [0, 0.05) is 38.0 Å². The Kier molecular flexibility index (Phi) is 6.51. The lowest BCUT2D eigenvalue weighted by atomic mass is 10.2. The monoisotopic (exact) mass is 323 g/mol. The molecule has 1 amide bonds. The van der Waals surface area contributed by atoms with Gasteiger partial charge in [-0.2, -0.15) is 11.8 Å². The van der Waals surface area contributed by atoms with Crippen molar-refractivity contribution < 1.29 is 9.53 Å². The molecule has 1 aromatic rings. The molecule has 1 N–H and O–H groups in total. The van der Waals surface area contributed by atoms with Gasteiger partial charge in [0.1, 0.15) is 5.82 Å². The molecule has 0 radical (unpaired) electrons. The molecule has 22 heavy (non-hydrogen) atoms. The van der Waals surface area contributed by atoms with Crippen LogP contribution in [0.4, 0.5) is 5.82 Å². The van der Waals surface area contributed by atoms with E-state index in [0.29, 0.717) is 13.0 Å². The average molecular weight is 323 g/mol. The van der Waals surface area contributed by atoms with E-state index in [9.17, 15) is 4.79 Å². The van der Waals surface area contributed by atoms with E-state index >= 15 is 0 Å². The lowest BCUT2D eigenvalue weighted by Crippen LogP contribution is -2.45. The minimum atomic E-state index is 0.0919. The number of carbonyl (C=O) groups is 1. The molecule has 2 heterocycles. The van der Waals surface area contributed by atoms with Crippen molar-refractivity contribution in [2.45, 2.75) is 39.0 Å². The third kappa shape index (κ3) is 5.18. The molecule has 0 bridgehead atoms. The number of aromatic nitrogens is 1. The van der Waals surface area contributed by atoms with E-state index < -0.39 is 0 Å². The summed E-state index contributed by atoms with van der Waals surface area (Å²) < 4.78 is 5.74. The van der Waals surface area contributed by atoms with Crippen molar-refractivity contribution in [3.05, 3.63) is 23.9 Å². The number of pyridine rings is 1. The SMILES string of the molecule is CSCCC(=O)NCc1ccc(N2C[C@@H](C)O[C@H](C)C2)nc1.